The van der Waals surface area contributed by atoms with Crippen molar-refractivity contribution < 1.29 is 37.3 Å². The lowest BCUT2D eigenvalue weighted by molar-refractivity contribution is -0.268. The molecule has 5 rings (SSSR count). The zero-order valence-electron chi connectivity index (χ0n) is 27.8. The van der Waals surface area contributed by atoms with Crippen molar-refractivity contribution in [3.05, 3.63) is 144 Å². The second-order valence-corrected chi connectivity index (χ2v) is 13.7. The van der Waals surface area contributed by atoms with Gasteiger partial charge >= 0.3 is 7.60 Å². The third-order valence-corrected chi connectivity index (χ3v) is 10.1. The smallest absolute Gasteiger partial charge is 0.333 e. The predicted octanol–water partition coefficient (Wildman–Crippen LogP) is 7.99. The molecule has 1 fully saturated rings. The van der Waals surface area contributed by atoms with E-state index in [2.05, 4.69) is 0 Å². The summed E-state index contributed by atoms with van der Waals surface area (Å²) in [5, 5.41) is 0. The van der Waals surface area contributed by atoms with Crippen molar-refractivity contribution >= 4 is 7.60 Å². The van der Waals surface area contributed by atoms with Crippen molar-refractivity contribution in [2.24, 2.45) is 0 Å². The molecule has 48 heavy (non-hydrogen) atoms. The standard InChI is InChI=1S/C39H47O8P/c1-3-45-48(40,46-4-2)30-36-38(43-27-33-21-13-7-14-22-33)39(44-28-34-23-15-8-16-24-34)37(42-26-32-19-11-6-12-20-32)35(47-36)29-41-25-31-17-9-5-10-18-31/h5-24,35-39H,3-4,25-30H2,1-2H3/t35-,36-,37-,38+,39+/m1/s1. The van der Waals surface area contributed by atoms with E-state index < -0.39 is 38.1 Å². The monoisotopic (exact) mass is 674 g/mol. The third-order valence-electron chi connectivity index (χ3n) is 8.03. The molecule has 0 saturated carbocycles. The lowest BCUT2D eigenvalue weighted by atomic mass is 9.94. The van der Waals surface area contributed by atoms with Crippen molar-refractivity contribution in [2.45, 2.75) is 70.8 Å². The van der Waals surface area contributed by atoms with E-state index in [0.717, 1.165) is 22.3 Å². The first-order chi connectivity index (χ1) is 23.6. The van der Waals surface area contributed by atoms with Crippen molar-refractivity contribution in [2.75, 3.05) is 26.0 Å². The quantitative estimate of drug-likeness (QED) is 0.0927. The van der Waals surface area contributed by atoms with E-state index in [4.69, 9.17) is 32.7 Å². The number of ether oxygens (including phenoxy) is 5. The SMILES string of the molecule is CCOP(=O)(C[C@H]1O[C@H](COCc2ccccc2)[C@@H](OCc2ccccc2)[C@H](OCc2ccccc2)[C@H]1OCc1ccccc1)OCC. The second kappa shape index (κ2) is 19.1. The molecule has 0 radical (unpaired) electrons. The Labute approximate surface area is 284 Å². The fourth-order valence-electron chi connectivity index (χ4n) is 5.79. The van der Waals surface area contributed by atoms with Crippen LogP contribution in [0.15, 0.2) is 121 Å². The van der Waals surface area contributed by atoms with E-state index in [-0.39, 0.29) is 26.0 Å². The van der Waals surface area contributed by atoms with E-state index in [0.29, 0.717) is 26.4 Å². The Hall–Kier alpha value is -3.17. The van der Waals surface area contributed by atoms with E-state index in [9.17, 15) is 4.57 Å². The topological polar surface area (TPSA) is 81.7 Å². The van der Waals surface area contributed by atoms with E-state index in [1.165, 1.54) is 0 Å². The molecule has 0 aromatic heterocycles. The highest BCUT2D eigenvalue weighted by atomic mass is 31.2. The van der Waals surface area contributed by atoms with Gasteiger partial charge in [-0.15, -0.1) is 0 Å². The summed E-state index contributed by atoms with van der Waals surface area (Å²) in [6.45, 7) is 5.64. The van der Waals surface area contributed by atoms with Gasteiger partial charge in [0.25, 0.3) is 0 Å². The van der Waals surface area contributed by atoms with Gasteiger partial charge in [-0.2, -0.15) is 0 Å². The summed E-state index contributed by atoms with van der Waals surface area (Å²) in [5.41, 5.74) is 4.07. The zero-order chi connectivity index (χ0) is 33.4. The predicted molar refractivity (Wildman–Crippen MR) is 186 cm³/mol. The van der Waals surface area contributed by atoms with Gasteiger partial charge in [0.05, 0.1) is 58.5 Å². The Bertz CT molecular complexity index is 1480. The molecule has 8 nitrogen and oxygen atoms in total. The first kappa shape index (κ1) is 36.1. The van der Waals surface area contributed by atoms with Crippen LogP contribution in [-0.4, -0.2) is 56.5 Å². The molecule has 1 aliphatic rings. The Morgan fingerprint density at radius 2 is 0.896 bits per heavy atom. The fraction of sp³-hybridized carbons (Fsp3) is 0.385. The highest BCUT2D eigenvalue weighted by Crippen LogP contribution is 2.50. The normalized spacial score (nSPS) is 21.2. The summed E-state index contributed by atoms with van der Waals surface area (Å²) in [4.78, 5) is 0. The Balaban J connectivity index is 1.48. The number of benzene rings is 4. The van der Waals surface area contributed by atoms with Crippen LogP contribution < -0.4 is 0 Å². The van der Waals surface area contributed by atoms with Crippen LogP contribution in [0.3, 0.4) is 0 Å². The molecule has 0 aliphatic carbocycles. The van der Waals surface area contributed by atoms with Gasteiger partial charge in [-0.05, 0) is 36.1 Å². The Kier molecular flexibility index (Phi) is 14.4. The summed E-state index contributed by atoms with van der Waals surface area (Å²) < 4.78 is 58.7. The molecule has 0 unspecified atom stereocenters. The summed E-state index contributed by atoms with van der Waals surface area (Å²) in [5.74, 6) is 0. The number of rotatable bonds is 19. The van der Waals surface area contributed by atoms with Crippen LogP contribution in [-0.2, 0) is 63.7 Å². The van der Waals surface area contributed by atoms with Crippen LogP contribution in [0.4, 0.5) is 0 Å². The van der Waals surface area contributed by atoms with Gasteiger partial charge < -0.3 is 32.7 Å². The minimum absolute atomic E-state index is 0.0140. The average molecular weight is 675 g/mol. The highest BCUT2D eigenvalue weighted by molar-refractivity contribution is 7.53. The van der Waals surface area contributed by atoms with Crippen LogP contribution in [0.2, 0.25) is 0 Å². The minimum atomic E-state index is -3.55. The minimum Gasteiger partial charge on any atom is -0.374 e. The summed E-state index contributed by atoms with van der Waals surface area (Å²) >= 11 is 0. The molecule has 0 amide bonds. The van der Waals surface area contributed by atoms with Crippen LogP contribution in [0, 0.1) is 0 Å². The van der Waals surface area contributed by atoms with Gasteiger partial charge in [-0.3, -0.25) is 4.57 Å². The average Bonchev–Trinajstić information content (AvgIpc) is 3.11. The molecular formula is C39H47O8P. The molecule has 1 heterocycles. The molecule has 4 aromatic carbocycles. The van der Waals surface area contributed by atoms with Crippen molar-refractivity contribution in [3.8, 4) is 0 Å². The van der Waals surface area contributed by atoms with Crippen LogP contribution in [0.5, 0.6) is 0 Å². The van der Waals surface area contributed by atoms with Crippen LogP contribution in [0.1, 0.15) is 36.1 Å². The van der Waals surface area contributed by atoms with Crippen molar-refractivity contribution in [1.29, 1.82) is 0 Å². The van der Waals surface area contributed by atoms with Gasteiger partial charge in [-0.1, -0.05) is 121 Å². The molecule has 0 N–H and O–H groups in total. The van der Waals surface area contributed by atoms with Gasteiger partial charge in [0.15, 0.2) is 0 Å². The molecule has 1 aliphatic heterocycles. The molecule has 256 valence electrons. The zero-order valence-corrected chi connectivity index (χ0v) is 28.7. The summed E-state index contributed by atoms with van der Waals surface area (Å²) in [6, 6.07) is 39.9. The van der Waals surface area contributed by atoms with E-state index >= 15 is 0 Å². The largest absolute Gasteiger partial charge is 0.374 e. The van der Waals surface area contributed by atoms with Gasteiger partial charge in [0.1, 0.15) is 24.4 Å². The highest BCUT2D eigenvalue weighted by Gasteiger charge is 2.50. The third kappa shape index (κ3) is 10.9. The van der Waals surface area contributed by atoms with E-state index in [1.807, 2.05) is 121 Å². The summed E-state index contributed by atoms with van der Waals surface area (Å²) in [7, 11) is -3.55. The lowest BCUT2D eigenvalue weighted by Crippen LogP contribution is -2.62. The van der Waals surface area contributed by atoms with Crippen LogP contribution >= 0.6 is 7.60 Å². The molecule has 0 spiro atoms. The maximum Gasteiger partial charge on any atom is 0.333 e. The molecule has 1 saturated heterocycles. The van der Waals surface area contributed by atoms with Gasteiger partial charge in [-0.25, -0.2) is 0 Å². The number of hydrogen-bond acceptors (Lipinski definition) is 8. The molecule has 0 bridgehead atoms. The lowest BCUT2D eigenvalue weighted by Gasteiger charge is -2.46. The maximum absolute atomic E-state index is 14.0. The van der Waals surface area contributed by atoms with Crippen LogP contribution in [0.25, 0.3) is 0 Å². The Morgan fingerprint density at radius 3 is 1.31 bits per heavy atom. The van der Waals surface area contributed by atoms with Crippen molar-refractivity contribution in [3.63, 3.8) is 0 Å². The Morgan fingerprint density at radius 1 is 0.521 bits per heavy atom. The molecule has 9 heteroatoms. The first-order valence-corrected chi connectivity index (χ1v) is 18.4. The fourth-order valence-corrected chi connectivity index (χ4v) is 7.59. The molecular weight excluding hydrogens is 627 g/mol. The first-order valence-electron chi connectivity index (χ1n) is 16.7. The summed E-state index contributed by atoms with van der Waals surface area (Å²) in [6.07, 6.45) is -3.16. The van der Waals surface area contributed by atoms with Gasteiger partial charge in [0.2, 0.25) is 0 Å². The van der Waals surface area contributed by atoms with Crippen molar-refractivity contribution in [1.82, 2.24) is 0 Å². The molecule has 4 aromatic rings. The van der Waals surface area contributed by atoms with E-state index in [1.54, 1.807) is 13.8 Å². The maximum atomic E-state index is 14.0. The number of hydrogen-bond donors (Lipinski definition) is 0. The molecule has 5 atom stereocenters. The van der Waals surface area contributed by atoms with Gasteiger partial charge in [0, 0.05) is 0 Å². The second-order valence-electron chi connectivity index (χ2n) is 11.6.